The number of fused-ring (bicyclic) bond motifs is 1. The average Bonchev–Trinajstić information content (AvgIpc) is 3.39. The van der Waals surface area contributed by atoms with E-state index in [4.69, 9.17) is 10.5 Å². The molecule has 2 aromatic heterocycles. The lowest BCUT2D eigenvalue weighted by molar-refractivity contribution is -0.120. The van der Waals surface area contributed by atoms with Gasteiger partial charge in [-0.3, -0.25) is 9.78 Å². The Morgan fingerprint density at radius 1 is 1.03 bits per heavy atom. The largest absolute Gasteiger partial charge is 0.435 e. The lowest BCUT2D eigenvalue weighted by atomic mass is 9.87. The summed E-state index contributed by atoms with van der Waals surface area (Å²) >= 11 is 0. The fraction of sp³-hybridized carbons (Fsp3) is 0.286. The molecule has 0 fully saturated rings. The number of amides is 2. The molecular weight excluding hydrogens is 454 g/mol. The molecule has 1 atom stereocenters. The number of nitrogens with one attached hydrogen (secondary N) is 2. The zero-order chi connectivity index (χ0) is 25.4. The van der Waals surface area contributed by atoms with Gasteiger partial charge < -0.3 is 20.8 Å². The van der Waals surface area contributed by atoms with E-state index < -0.39 is 11.7 Å². The number of rotatable bonds is 11. The molecule has 0 saturated carbocycles. The van der Waals surface area contributed by atoms with Crippen molar-refractivity contribution < 1.29 is 14.3 Å². The number of unbranched alkanes of at least 4 members (excludes halogenated alkanes) is 2. The minimum atomic E-state index is -1.07. The van der Waals surface area contributed by atoms with Crippen LogP contribution >= 0.6 is 0 Å². The van der Waals surface area contributed by atoms with E-state index in [-0.39, 0.29) is 5.91 Å². The maximum Gasteiger partial charge on any atom is 0.405 e. The number of aromatic amines is 1. The summed E-state index contributed by atoms with van der Waals surface area (Å²) in [6.07, 6.45) is 8.15. The first-order chi connectivity index (χ1) is 17.5. The third kappa shape index (κ3) is 6.07. The van der Waals surface area contributed by atoms with Crippen LogP contribution in [0.3, 0.4) is 0 Å². The molecule has 2 aromatic carbocycles. The van der Waals surface area contributed by atoms with Gasteiger partial charge in [-0.2, -0.15) is 0 Å². The van der Waals surface area contributed by atoms with Gasteiger partial charge in [-0.1, -0.05) is 48.9 Å². The predicted octanol–water partition coefficient (Wildman–Crippen LogP) is 4.85. The van der Waals surface area contributed by atoms with Gasteiger partial charge in [0.25, 0.3) is 0 Å². The first kappa shape index (κ1) is 24.9. The smallest absolute Gasteiger partial charge is 0.405 e. The van der Waals surface area contributed by atoms with Crippen molar-refractivity contribution in [1.82, 2.24) is 20.3 Å². The molecule has 8 heteroatoms. The molecule has 0 bridgehead atoms. The second-order valence-corrected chi connectivity index (χ2v) is 8.89. The lowest BCUT2D eigenvalue weighted by Gasteiger charge is -2.31. The summed E-state index contributed by atoms with van der Waals surface area (Å²) in [5.41, 5.74) is 7.26. The van der Waals surface area contributed by atoms with E-state index in [0.717, 1.165) is 46.9 Å². The molecule has 8 nitrogen and oxygen atoms in total. The molecule has 0 unspecified atom stereocenters. The number of imidazole rings is 1. The van der Waals surface area contributed by atoms with Gasteiger partial charge in [0.1, 0.15) is 0 Å². The number of benzene rings is 2. The molecule has 4 aromatic rings. The lowest BCUT2D eigenvalue weighted by Crippen LogP contribution is -2.38. The van der Waals surface area contributed by atoms with Crippen LogP contribution in [0.5, 0.6) is 0 Å². The van der Waals surface area contributed by atoms with Crippen molar-refractivity contribution in [3.63, 3.8) is 0 Å². The third-order valence-corrected chi connectivity index (χ3v) is 6.35. The van der Waals surface area contributed by atoms with Crippen molar-refractivity contribution in [1.29, 1.82) is 0 Å². The molecule has 36 heavy (non-hydrogen) atoms. The number of hydrogen-bond donors (Lipinski definition) is 3. The Hall–Kier alpha value is -4.20. The summed E-state index contributed by atoms with van der Waals surface area (Å²) in [6.45, 7) is 0. The number of H-pyrrole nitrogens is 1. The van der Waals surface area contributed by atoms with Crippen molar-refractivity contribution in [3.05, 3.63) is 84.6 Å². The highest BCUT2D eigenvalue weighted by molar-refractivity contribution is 5.85. The molecule has 2 heterocycles. The summed E-state index contributed by atoms with van der Waals surface area (Å²) in [5, 5.41) is 4.76. The molecule has 0 aliphatic heterocycles. The Bertz CT molecular complexity index is 1320. The van der Waals surface area contributed by atoms with E-state index in [1.165, 1.54) is 0 Å². The Kier molecular flexibility index (Phi) is 7.95. The van der Waals surface area contributed by atoms with E-state index in [2.05, 4.69) is 20.3 Å². The third-order valence-electron chi connectivity index (χ3n) is 6.35. The molecule has 0 radical (unpaired) electrons. The SMILES string of the molecule is CNC(=O)CCCCC[C@@](Cc1ccccc1)(OC(N)=O)c1ncc(-c2ccc3ccncc3c2)[nH]1. The Morgan fingerprint density at radius 2 is 1.86 bits per heavy atom. The van der Waals surface area contributed by atoms with Crippen LogP contribution in [0, 0.1) is 0 Å². The second kappa shape index (κ2) is 11.5. The maximum absolute atomic E-state index is 12.1. The summed E-state index contributed by atoms with van der Waals surface area (Å²) in [6, 6.07) is 17.9. The minimum absolute atomic E-state index is 0.0141. The van der Waals surface area contributed by atoms with E-state index in [9.17, 15) is 9.59 Å². The van der Waals surface area contributed by atoms with Gasteiger partial charge in [0.05, 0.1) is 11.9 Å². The van der Waals surface area contributed by atoms with Gasteiger partial charge in [0.15, 0.2) is 11.4 Å². The molecule has 186 valence electrons. The molecule has 2 amide bonds. The van der Waals surface area contributed by atoms with Crippen molar-refractivity contribution in [2.45, 2.75) is 44.1 Å². The van der Waals surface area contributed by atoms with Crippen LogP contribution in [0.25, 0.3) is 22.0 Å². The van der Waals surface area contributed by atoms with Crippen LogP contribution in [-0.2, 0) is 21.6 Å². The van der Waals surface area contributed by atoms with E-state index in [1.54, 1.807) is 19.4 Å². The molecule has 0 spiro atoms. The van der Waals surface area contributed by atoms with Gasteiger partial charge in [0.2, 0.25) is 5.91 Å². The number of carbonyl (C=O) groups excluding carboxylic acids is 2. The predicted molar refractivity (Wildman–Crippen MR) is 139 cm³/mol. The van der Waals surface area contributed by atoms with Crippen molar-refractivity contribution in [2.75, 3.05) is 7.05 Å². The number of ether oxygens (including phenoxy) is 1. The van der Waals surface area contributed by atoms with E-state index >= 15 is 0 Å². The van der Waals surface area contributed by atoms with E-state index in [1.807, 2.05) is 60.8 Å². The maximum atomic E-state index is 12.1. The average molecular weight is 486 g/mol. The highest BCUT2D eigenvalue weighted by Crippen LogP contribution is 2.35. The van der Waals surface area contributed by atoms with Crippen LogP contribution < -0.4 is 11.1 Å². The molecular formula is C28H31N5O3. The van der Waals surface area contributed by atoms with Crippen LogP contribution in [-0.4, -0.2) is 34.0 Å². The number of pyridine rings is 1. The zero-order valence-electron chi connectivity index (χ0n) is 20.4. The molecule has 4 rings (SSSR count). The molecule has 0 aliphatic rings. The minimum Gasteiger partial charge on any atom is -0.435 e. The fourth-order valence-corrected chi connectivity index (χ4v) is 4.49. The van der Waals surface area contributed by atoms with Crippen molar-refractivity contribution in [2.24, 2.45) is 5.73 Å². The van der Waals surface area contributed by atoms with Crippen LogP contribution in [0.15, 0.2) is 73.2 Å². The number of hydrogen-bond acceptors (Lipinski definition) is 5. The highest BCUT2D eigenvalue weighted by atomic mass is 16.6. The standard InChI is InChI=1S/C28H31N5O3/c1-30-25(34)10-6-3-7-14-28(36-27(29)35,17-20-8-4-2-5-9-20)26-32-19-24(33-26)22-12-11-21-13-15-31-18-23(21)16-22/h2,4-5,8-9,11-13,15-16,18-19H,3,6-7,10,14,17H2,1H3,(H2,29,35)(H,30,34)(H,32,33)/t28-/m0/s1. The monoisotopic (exact) mass is 485 g/mol. The highest BCUT2D eigenvalue weighted by Gasteiger charge is 2.39. The number of nitrogens with zero attached hydrogens (tertiary/aromatic N) is 2. The van der Waals surface area contributed by atoms with Gasteiger partial charge in [-0.25, -0.2) is 9.78 Å². The summed E-state index contributed by atoms with van der Waals surface area (Å²) in [5.74, 6) is 0.554. The molecule has 0 saturated heterocycles. The van der Waals surface area contributed by atoms with Crippen molar-refractivity contribution in [3.8, 4) is 11.3 Å². The Labute approximate surface area is 210 Å². The number of carbonyl (C=O) groups is 2. The van der Waals surface area contributed by atoms with Gasteiger partial charge in [-0.15, -0.1) is 0 Å². The fourth-order valence-electron chi connectivity index (χ4n) is 4.49. The summed E-state index contributed by atoms with van der Waals surface area (Å²) in [4.78, 5) is 36.0. The van der Waals surface area contributed by atoms with Crippen LogP contribution in [0.4, 0.5) is 4.79 Å². The first-order valence-electron chi connectivity index (χ1n) is 12.1. The summed E-state index contributed by atoms with van der Waals surface area (Å²) in [7, 11) is 1.63. The number of aromatic nitrogens is 3. The Balaban J connectivity index is 1.64. The first-order valence-corrected chi connectivity index (χ1v) is 12.1. The van der Waals surface area contributed by atoms with Gasteiger partial charge in [0, 0.05) is 43.2 Å². The normalized spacial score (nSPS) is 12.7. The van der Waals surface area contributed by atoms with Crippen LogP contribution in [0.1, 0.15) is 43.5 Å². The van der Waals surface area contributed by atoms with E-state index in [0.29, 0.717) is 25.1 Å². The van der Waals surface area contributed by atoms with Gasteiger partial charge in [-0.05, 0) is 42.3 Å². The second-order valence-electron chi connectivity index (χ2n) is 8.89. The summed E-state index contributed by atoms with van der Waals surface area (Å²) < 4.78 is 5.85. The molecule has 0 aliphatic carbocycles. The number of nitrogens with two attached hydrogens (primary N) is 1. The van der Waals surface area contributed by atoms with Crippen molar-refractivity contribution >= 4 is 22.8 Å². The topological polar surface area (TPSA) is 123 Å². The quantitative estimate of drug-likeness (QED) is 0.262. The molecule has 4 N–H and O–H groups in total. The Morgan fingerprint density at radius 3 is 2.64 bits per heavy atom. The zero-order valence-corrected chi connectivity index (χ0v) is 20.4. The van der Waals surface area contributed by atoms with Crippen LogP contribution in [0.2, 0.25) is 0 Å². The number of primary amides is 1. The van der Waals surface area contributed by atoms with Gasteiger partial charge >= 0.3 is 6.09 Å².